The number of hydrogen-bond donors (Lipinski definition) is 0. The summed E-state index contributed by atoms with van der Waals surface area (Å²) in [5.41, 5.74) is 11.1. The van der Waals surface area contributed by atoms with E-state index in [9.17, 15) is 4.79 Å². The summed E-state index contributed by atoms with van der Waals surface area (Å²) in [6, 6.07) is 27.2. The van der Waals surface area contributed by atoms with Gasteiger partial charge in [-0.1, -0.05) is 72.8 Å². The quantitative estimate of drug-likeness (QED) is 0.272. The molecule has 31 heavy (non-hydrogen) atoms. The van der Waals surface area contributed by atoms with E-state index in [1.807, 2.05) is 24.3 Å². The van der Waals surface area contributed by atoms with Crippen LogP contribution in [-0.2, 0) is 11.8 Å². The van der Waals surface area contributed by atoms with Crippen molar-refractivity contribution in [3.8, 4) is 0 Å². The van der Waals surface area contributed by atoms with E-state index in [-0.39, 0.29) is 0 Å². The summed E-state index contributed by atoms with van der Waals surface area (Å²) in [5.74, 6) is 0. The second-order valence-electron chi connectivity index (χ2n) is 8.56. The Kier molecular flexibility index (Phi) is 4.73. The molecule has 1 fully saturated rings. The highest BCUT2D eigenvalue weighted by atomic mass is 16.1. The zero-order valence-corrected chi connectivity index (χ0v) is 17.9. The van der Waals surface area contributed by atoms with Crippen molar-refractivity contribution in [2.45, 2.75) is 19.8 Å². The summed E-state index contributed by atoms with van der Waals surface area (Å²) in [6.07, 6.45) is 5.06. The second-order valence-corrected chi connectivity index (χ2v) is 8.56. The summed E-state index contributed by atoms with van der Waals surface area (Å²) in [5, 5.41) is 1.20. The van der Waals surface area contributed by atoms with Gasteiger partial charge >= 0.3 is 0 Å². The van der Waals surface area contributed by atoms with E-state index < -0.39 is 5.41 Å². The number of benzene rings is 3. The highest BCUT2D eigenvalue weighted by molar-refractivity contribution is 6.00. The average molecular weight is 404 g/mol. The number of aromatic nitrogens is 1. The van der Waals surface area contributed by atoms with Gasteiger partial charge in [0, 0.05) is 40.9 Å². The molecule has 1 aliphatic rings. The Balaban J connectivity index is 1.88. The molecule has 0 atom stereocenters. The molecule has 0 amide bonds. The van der Waals surface area contributed by atoms with Crippen molar-refractivity contribution in [3.05, 3.63) is 113 Å². The number of aryl methyl sites for hydroxylation is 2. The fraction of sp³-hybridized carbons (Fsp3) is 0.172. The van der Waals surface area contributed by atoms with Gasteiger partial charge in [-0.3, -0.25) is 0 Å². The van der Waals surface area contributed by atoms with Crippen LogP contribution in [0.15, 0.2) is 90.8 Å². The zero-order chi connectivity index (χ0) is 21.4. The lowest BCUT2D eigenvalue weighted by molar-refractivity contribution is -0.110. The highest BCUT2D eigenvalue weighted by Gasteiger charge is 2.46. The Hall–Kier alpha value is -3.61. The van der Waals surface area contributed by atoms with Crippen molar-refractivity contribution < 1.29 is 4.79 Å². The third-order valence-corrected chi connectivity index (χ3v) is 6.30. The normalized spacial score (nSPS) is 14.1. The van der Waals surface area contributed by atoms with Gasteiger partial charge in [-0.05, 0) is 42.5 Å². The number of carbonyl (C=O) groups excluding carboxylic acids is 1. The van der Waals surface area contributed by atoms with Gasteiger partial charge in [0.2, 0.25) is 0 Å². The van der Waals surface area contributed by atoms with Crippen molar-refractivity contribution in [1.29, 1.82) is 0 Å². The fourth-order valence-electron chi connectivity index (χ4n) is 4.37. The van der Waals surface area contributed by atoms with Crippen LogP contribution in [0.25, 0.3) is 22.0 Å². The molecule has 0 N–H and O–H groups in total. The van der Waals surface area contributed by atoms with Gasteiger partial charge in [0.05, 0.1) is 5.41 Å². The molecule has 0 unspecified atom stereocenters. The smallest absolute Gasteiger partial charge is 0.131 e. The summed E-state index contributed by atoms with van der Waals surface area (Å²) in [6.45, 7) is 2.12. The second kappa shape index (κ2) is 7.58. The van der Waals surface area contributed by atoms with Gasteiger partial charge < -0.3 is 9.36 Å². The number of fused-ring (bicyclic) bond motifs is 1. The molecule has 0 aliphatic heterocycles. The molecule has 1 aliphatic carbocycles. The van der Waals surface area contributed by atoms with E-state index in [2.05, 4.69) is 85.1 Å². The van der Waals surface area contributed by atoms with Crippen LogP contribution in [0.1, 0.15) is 35.1 Å². The van der Waals surface area contributed by atoms with Crippen molar-refractivity contribution >= 4 is 28.3 Å². The Morgan fingerprint density at radius 3 is 2.19 bits per heavy atom. The zero-order valence-electron chi connectivity index (χ0n) is 17.9. The van der Waals surface area contributed by atoms with E-state index in [4.69, 9.17) is 0 Å². The first-order valence-electron chi connectivity index (χ1n) is 10.8. The standard InChI is InChI=1S/C29H25NO/c1-21-13-14-24-26(19-30(2)28(24)17-21)25(22-9-5-3-6-10-22)18-27(29(20-31)15-16-29)23-11-7-4-8-12-23/h3-14,17,19-20H,15-16H2,1-2H3. The lowest BCUT2D eigenvalue weighted by atomic mass is 9.88. The predicted molar refractivity (Wildman–Crippen MR) is 128 cm³/mol. The molecular weight excluding hydrogens is 378 g/mol. The molecule has 0 bridgehead atoms. The van der Waals surface area contributed by atoms with Gasteiger partial charge in [-0.15, -0.1) is 5.73 Å². The third kappa shape index (κ3) is 3.46. The molecule has 1 aromatic heterocycles. The maximum absolute atomic E-state index is 12.1. The maximum Gasteiger partial charge on any atom is 0.131 e. The number of carbonyl (C=O) groups is 1. The van der Waals surface area contributed by atoms with E-state index in [1.165, 1.54) is 16.5 Å². The van der Waals surface area contributed by atoms with Gasteiger partial charge in [-0.2, -0.15) is 0 Å². The Labute approximate surface area is 183 Å². The molecule has 5 rings (SSSR count). The minimum atomic E-state index is -0.428. The first-order chi connectivity index (χ1) is 15.1. The number of allylic oxidation sites excluding steroid dienone is 1. The van der Waals surface area contributed by atoms with Crippen molar-refractivity contribution in [2.24, 2.45) is 12.5 Å². The topological polar surface area (TPSA) is 22.0 Å². The third-order valence-electron chi connectivity index (χ3n) is 6.30. The molecule has 0 saturated heterocycles. The van der Waals surface area contributed by atoms with E-state index in [0.717, 1.165) is 47.0 Å². The average Bonchev–Trinajstić information content (AvgIpc) is 3.54. The first-order valence-corrected chi connectivity index (χ1v) is 10.8. The molecule has 152 valence electrons. The van der Waals surface area contributed by atoms with Crippen molar-refractivity contribution in [2.75, 3.05) is 0 Å². The van der Waals surface area contributed by atoms with Crippen molar-refractivity contribution in [1.82, 2.24) is 4.57 Å². The van der Waals surface area contributed by atoms with Crippen LogP contribution in [0.2, 0.25) is 0 Å². The summed E-state index contributed by atoms with van der Waals surface area (Å²) in [7, 11) is 2.09. The van der Waals surface area contributed by atoms with Crippen LogP contribution in [0.3, 0.4) is 0 Å². The van der Waals surface area contributed by atoms with Crippen LogP contribution < -0.4 is 0 Å². The van der Waals surface area contributed by atoms with Crippen LogP contribution in [-0.4, -0.2) is 10.9 Å². The number of aldehydes is 1. The van der Waals surface area contributed by atoms with Gasteiger partial charge in [-0.25, -0.2) is 0 Å². The minimum Gasteiger partial charge on any atom is -0.350 e. The minimum absolute atomic E-state index is 0.428. The lowest BCUT2D eigenvalue weighted by Gasteiger charge is -2.13. The highest BCUT2D eigenvalue weighted by Crippen LogP contribution is 2.54. The largest absolute Gasteiger partial charge is 0.350 e. The molecule has 1 saturated carbocycles. The molecule has 0 spiro atoms. The SMILES string of the molecule is Cc1ccc2c(C(=C=C(c3ccccc3)C3(C=O)CC3)c3ccccc3)cn(C)c2c1. The maximum atomic E-state index is 12.1. The molecule has 2 heteroatoms. The van der Waals surface area contributed by atoms with Gasteiger partial charge in [0.15, 0.2) is 0 Å². The summed E-state index contributed by atoms with van der Waals surface area (Å²) < 4.78 is 2.18. The predicted octanol–water partition coefficient (Wildman–Crippen LogP) is 6.58. The van der Waals surface area contributed by atoms with Crippen LogP contribution in [0.5, 0.6) is 0 Å². The summed E-state index contributed by atoms with van der Waals surface area (Å²) in [4.78, 5) is 12.1. The van der Waals surface area contributed by atoms with E-state index >= 15 is 0 Å². The number of hydrogen-bond acceptors (Lipinski definition) is 1. The lowest BCUT2D eigenvalue weighted by Crippen LogP contribution is -2.05. The van der Waals surface area contributed by atoms with Crippen LogP contribution >= 0.6 is 0 Å². The number of rotatable bonds is 5. The number of nitrogens with zero attached hydrogens (tertiary/aromatic N) is 1. The van der Waals surface area contributed by atoms with Crippen LogP contribution in [0.4, 0.5) is 0 Å². The first kappa shape index (κ1) is 19.4. The molecule has 3 aromatic carbocycles. The van der Waals surface area contributed by atoms with Gasteiger partial charge in [0.1, 0.15) is 6.29 Å². The van der Waals surface area contributed by atoms with Gasteiger partial charge in [0.25, 0.3) is 0 Å². The van der Waals surface area contributed by atoms with E-state index in [1.54, 1.807) is 0 Å². The fourth-order valence-corrected chi connectivity index (χ4v) is 4.37. The molecule has 4 aromatic rings. The molecule has 1 heterocycles. The molecule has 0 radical (unpaired) electrons. The Bertz CT molecular complexity index is 1330. The Morgan fingerprint density at radius 2 is 1.58 bits per heavy atom. The molecule has 2 nitrogen and oxygen atoms in total. The monoisotopic (exact) mass is 403 g/mol. The summed E-state index contributed by atoms with van der Waals surface area (Å²) >= 11 is 0. The Morgan fingerprint density at radius 1 is 0.935 bits per heavy atom. The molecular formula is C29H25NO. The van der Waals surface area contributed by atoms with E-state index in [0.29, 0.717) is 0 Å². The van der Waals surface area contributed by atoms with Crippen LogP contribution in [0, 0.1) is 12.3 Å². The van der Waals surface area contributed by atoms with Crippen molar-refractivity contribution in [3.63, 3.8) is 0 Å².